The van der Waals surface area contributed by atoms with Crippen LogP contribution in [0.2, 0.25) is 0 Å². The van der Waals surface area contributed by atoms with E-state index in [1.54, 1.807) is 36.9 Å². The van der Waals surface area contributed by atoms with E-state index in [9.17, 15) is 10.4 Å². The van der Waals surface area contributed by atoms with Gasteiger partial charge < -0.3 is 20.6 Å². The smallest absolute Gasteiger partial charge is 0.229 e. The maximum Gasteiger partial charge on any atom is 0.229 e. The second-order valence-electron chi connectivity index (χ2n) is 8.80. The standard InChI is InChI=1S/C25H26N8O/c1-25(2,34)21-4-3-5-22(30-21)33-16-17(14-26)20-15-28-24(31-23(20)33)29-18-6-8-19(9-7-18)32-12-10-27-11-13-32/h3-9,15-16,27,34H,10-13H2,1-2H3,(H,28,29,31). The number of nitriles is 1. The highest BCUT2D eigenvalue weighted by molar-refractivity contribution is 5.85. The van der Waals surface area contributed by atoms with Crippen LogP contribution < -0.4 is 15.5 Å². The van der Waals surface area contributed by atoms with Gasteiger partial charge in [0.25, 0.3) is 0 Å². The van der Waals surface area contributed by atoms with Crippen LogP contribution in [0.1, 0.15) is 25.1 Å². The Labute approximate surface area is 197 Å². The summed E-state index contributed by atoms with van der Waals surface area (Å²) >= 11 is 0. The van der Waals surface area contributed by atoms with Crippen LogP contribution in [0.25, 0.3) is 16.9 Å². The first-order valence-electron chi connectivity index (χ1n) is 11.2. The molecule has 5 rings (SSSR count). The summed E-state index contributed by atoms with van der Waals surface area (Å²) in [5.41, 5.74) is 2.52. The predicted molar refractivity (Wildman–Crippen MR) is 131 cm³/mol. The molecule has 0 bridgehead atoms. The van der Waals surface area contributed by atoms with E-state index in [1.165, 1.54) is 5.69 Å². The minimum absolute atomic E-state index is 0.421. The Morgan fingerprint density at radius 2 is 1.85 bits per heavy atom. The molecule has 9 heteroatoms. The summed E-state index contributed by atoms with van der Waals surface area (Å²) in [7, 11) is 0. The maximum absolute atomic E-state index is 10.4. The third-order valence-corrected chi connectivity index (χ3v) is 5.88. The molecule has 1 saturated heterocycles. The van der Waals surface area contributed by atoms with Gasteiger partial charge in [-0.05, 0) is 50.2 Å². The molecule has 1 aromatic carbocycles. The molecule has 1 aliphatic heterocycles. The molecular weight excluding hydrogens is 428 g/mol. The molecule has 0 amide bonds. The zero-order valence-electron chi connectivity index (χ0n) is 19.2. The molecule has 3 N–H and O–H groups in total. The van der Waals surface area contributed by atoms with E-state index in [1.807, 2.05) is 24.3 Å². The summed E-state index contributed by atoms with van der Waals surface area (Å²) in [5.74, 6) is 0.987. The number of rotatable bonds is 5. The Morgan fingerprint density at radius 1 is 1.09 bits per heavy atom. The Balaban J connectivity index is 1.47. The first-order valence-corrected chi connectivity index (χ1v) is 11.2. The average Bonchev–Trinajstić information content (AvgIpc) is 3.23. The van der Waals surface area contributed by atoms with Gasteiger partial charge in [0.1, 0.15) is 17.5 Å². The van der Waals surface area contributed by atoms with Crippen molar-refractivity contribution < 1.29 is 5.11 Å². The Hall–Kier alpha value is -4.00. The quantitative estimate of drug-likeness (QED) is 0.422. The highest BCUT2D eigenvalue weighted by atomic mass is 16.3. The number of aromatic nitrogens is 4. The van der Waals surface area contributed by atoms with Crippen LogP contribution in [-0.4, -0.2) is 50.8 Å². The van der Waals surface area contributed by atoms with E-state index in [0.717, 1.165) is 31.9 Å². The molecule has 3 aromatic heterocycles. The van der Waals surface area contributed by atoms with Gasteiger partial charge in [-0.25, -0.2) is 9.97 Å². The first-order chi connectivity index (χ1) is 16.4. The molecule has 0 atom stereocenters. The van der Waals surface area contributed by atoms with E-state index in [2.05, 4.69) is 48.7 Å². The molecule has 1 aliphatic rings. The SMILES string of the molecule is CC(C)(O)c1cccc(-n2cc(C#N)c3cnc(Nc4ccc(N5CCNCC5)cc4)nc32)n1. The lowest BCUT2D eigenvalue weighted by molar-refractivity contribution is 0.0738. The Morgan fingerprint density at radius 3 is 2.56 bits per heavy atom. The molecule has 0 unspecified atom stereocenters. The molecule has 4 heterocycles. The average molecular weight is 455 g/mol. The zero-order valence-corrected chi connectivity index (χ0v) is 19.2. The second kappa shape index (κ2) is 8.74. The van der Waals surface area contributed by atoms with Crippen molar-refractivity contribution in [2.45, 2.75) is 19.4 Å². The van der Waals surface area contributed by atoms with Gasteiger partial charge in [-0.15, -0.1) is 0 Å². The highest BCUT2D eigenvalue weighted by Gasteiger charge is 2.20. The van der Waals surface area contributed by atoms with Gasteiger partial charge >= 0.3 is 0 Å². The normalized spacial score (nSPS) is 14.2. The van der Waals surface area contributed by atoms with Gasteiger partial charge in [0.15, 0.2) is 5.65 Å². The van der Waals surface area contributed by atoms with Crippen molar-refractivity contribution in [3.63, 3.8) is 0 Å². The van der Waals surface area contributed by atoms with Crippen LogP contribution in [0.5, 0.6) is 0 Å². The fourth-order valence-electron chi connectivity index (χ4n) is 4.04. The number of hydrogen-bond donors (Lipinski definition) is 3. The number of pyridine rings is 1. The lowest BCUT2D eigenvalue weighted by atomic mass is 10.1. The molecule has 0 radical (unpaired) electrons. The number of nitrogens with zero attached hydrogens (tertiary/aromatic N) is 6. The number of benzene rings is 1. The van der Waals surface area contributed by atoms with Crippen molar-refractivity contribution in [3.8, 4) is 11.9 Å². The van der Waals surface area contributed by atoms with Crippen molar-refractivity contribution in [3.05, 3.63) is 66.1 Å². The van der Waals surface area contributed by atoms with E-state index in [0.29, 0.717) is 34.1 Å². The van der Waals surface area contributed by atoms with Gasteiger partial charge in [0.2, 0.25) is 5.95 Å². The number of anilines is 3. The van der Waals surface area contributed by atoms with Crippen LogP contribution in [0.4, 0.5) is 17.3 Å². The molecule has 0 saturated carbocycles. The van der Waals surface area contributed by atoms with Gasteiger partial charge in [0, 0.05) is 49.9 Å². The largest absolute Gasteiger partial charge is 0.384 e. The minimum Gasteiger partial charge on any atom is -0.384 e. The third kappa shape index (κ3) is 4.29. The molecule has 9 nitrogen and oxygen atoms in total. The molecular formula is C25H26N8O. The minimum atomic E-state index is -1.09. The summed E-state index contributed by atoms with van der Waals surface area (Å²) < 4.78 is 1.75. The topological polar surface area (TPSA) is 115 Å². The van der Waals surface area contributed by atoms with Crippen LogP contribution in [-0.2, 0) is 5.60 Å². The molecule has 172 valence electrons. The predicted octanol–water partition coefficient (Wildman–Crippen LogP) is 3.07. The van der Waals surface area contributed by atoms with Crippen molar-refractivity contribution in [1.29, 1.82) is 5.26 Å². The van der Waals surface area contributed by atoms with Crippen LogP contribution in [0.15, 0.2) is 54.9 Å². The lowest BCUT2D eigenvalue weighted by Gasteiger charge is -2.29. The Kier molecular flexibility index (Phi) is 5.61. The van der Waals surface area contributed by atoms with E-state index in [4.69, 9.17) is 0 Å². The van der Waals surface area contributed by atoms with Crippen molar-refractivity contribution >= 4 is 28.4 Å². The van der Waals surface area contributed by atoms with Crippen molar-refractivity contribution in [2.75, 3.05) is 36.4 Å². The number of piperazine rings is 1. The summed E-state index contributed by atoms with van der Waals surface area (Å²) in [6, 6.07) is 15.8. The van der Waals surface area contributed by atoms with E-state index >= 15 is 0 Å². The molecule has 4 aromatic rings. The first kappa shape index (κ1) is 21.8. The summed E-state index contributed by atoms with van der Waals surface area (Å²) in [6.45, 7) is 7.34. The third-order valence-electron chi connectivity index (χ3n) is 5.88. The van der Waals surface area contributed by atoms with E-state index < -0.39 is 5.60 Å². The van der Waals surface area contributed by atoms with Gasteiger partial charge in [-0.3, -0.25) is 4.57 Å². The van der Waals surface area contributed by atoms with Gasteiger partial charge in [-0.1, -0.05) is 6.07 Å². The van der Waals surface area contributed by atoms with Crippen LogP contribution in [0, 0.1) is 11.3 Å². The number of aliphatic hydroxyl groups is 1. The Bertz CT molecular complexity index is 1360. The molecule has 0 aliphatic carbocycles. The maximum atomic E-state index is 10.4. The number of fused-ring (bicyclic) bond motifs is 1. The number of hydrogen-bond acceptors (Lipinski definition) is 8. The van der Waals surface area contributed by atoms with Crippen LogP contribution in [0.3, 0.4) is 0 Å². The van der Waals surface area contributed by atoms with Crippen LogP contribution >= 0.6 is 0 Å². The zero-order chi connectivity index (χ0) is 23.7. The fraction of sp³-hybridized carbons (Fsp3) is 0.280. The molecule has 0 spiro atoms. The van der Waals surface area contributed by atoms with Crippen molar-refractivity contribution in [2.24, 2.45) is 0 Å². The lowest BCUT2D eigenvalue weighted by Crippen LogP contribution is -2.43. The monoisotopic (exact) mass is 454 g/mol. The fourth-order valence-corrected chi connectivity index (χ4v) is 4.04. The van der Waals surface area contributed by atoms with Crippen molar-refractivity contribution in [1.82, 2.24) is 24.8 Å². The van der Waals surface area contributed by atoms with Gasteiger partial charge in [0.05, 0.1) is 16.6 Å². The summed E-state index contributed by atoms with van der Waals surface area (Å²) in [5, 5.41) is 27.2. The van der Waals surface area contributed by atoms with E-state index in [-0.39, 0.29) is 0 Å². The summed E-state index contributed by atoms with van der Waals surface area (Å²) in [6.07, 6.45) is 3.34. The molecule has 34 heavy (non-hydrogen) atoms. The molecule has 1 fully saturated rings. The van der Waals surface area contributed by atoms with Gasteiger partial charge in [-0.2, -0.15) is 10.2 Å². The second-order valence-corrected chi connectivity index (χ2v) is 8.80. The summed E-state index contributed by atoms with van der Waals surface area (Å²) in [4.78, 5) is 16.1. The highest BCUT2D eigenvalue weighted by Crippen LogP contribution is 2.26. The number of nitrogens with one attached hydrogen (secondary N) is 2.